The molecule has 0 aliphatic heterocycles. The molecular formula is C21H27FN2O2. The summed E-state index contributed by atoms with van der Waals surface area (Å²) in [5.74, 6) is 0.180. The van der Waals surface area contributed by atoms with Gasteiger partial charge in [-0.2, -0.15) is 0 Å². The molecule has 2 rings (SSSR count). The molecule has 0 unspecified atom stereocenters. The van der Waals surface area contributed by atoms with Crippen molar-refractivity contribution in [3.63, 3.8) is 0 Å². The highest BCUT2D eigenvalue weighted by Gasteiger charge is 2.15. The van der Waals surface area contributed by atoms with Crippen molar-refractivity contribution < 1.29 is 13.9 Å². The zero-order chi connectivity index (χ0) is 18.9. The van der Waals surface area contributed by atoms with E-state index in [2.05, 4.69) is 12.2 Å². The van der Waals surface area contributed by atoms with Crippen LogP contribution in [0.15, 0.2) is 42.5 Å². The van der Waals surface area contributed by atoms with Crippen molar-refractivity contribution in [3.8, 4) is 5.75 Å². The summed E-state index contributed by atoms with van der Waals surface area (Å²) in [5.41, 5.74) is 1.50. The fraction of sp³-hybridized carbons (Fsp3) is 0.381. The number of amides is 1. The molecule has 1 N–H and O–H groups in total. The Morgan fingerprint density at radius 1 is 1.12 bits per heavy atom. The van der Waals surface area contributed by atoms with E-state index in [0.29, 0.717) is 23.5 Å². The average molecular weight is 358 g/mol. The van der Waals surface area contributed by atoms with Crippen LogP contribution in [0.3, 0.4) is 0 Å². The number of ether oxygens (including phenoxy) is 1. The molecule has 5 heteroatoms. The second kappa shape index (κ2) is 9.80. The van der Waals surface area contributed by atoms with Gasteiger partial charge in [0, 0.05) is 24.8 Å². The van der Waals surface area contributed by atoms with Gasteiger partial charge in [0.2, 0.25) is 0 Å². The Kier molecular flexibility index (Phi) is 7.45. The Morgan fingerprint density at radius 2 is 1.85 bits per heavy atom. The number of hydrogen-bond acceptors (Lipinski definition) is 3. The lowest BCUT2D eigenvalue weighted by atomic mass is 10.1. The van der Waals surface area contributed by atoms with Crippen LogP contribution in [0, 0.1) is 5.82 Å². The molecule has 0 saturated carbocycles. The third-order valence-electron chi connectivity index (χ3n) is 4.06. The number of rotatable bonds is 9. The Bertz CT molecular complexity index is 716. The minimum Gasteiger partial charge on any atom is -0.494 e. The molecule has 0 aliphatic carbocycles. The number of benzene rings is 2. The van der Waals surface area contributed by atoms with Crippen molar-refractivity contribution in [2.45, 2.75) is 33.1 Å². The average Bonchev–Trinajstić information content (AvgIpc) is 2.67. The molecule has 2 aromatic rings. The summed E-state index contributed by atoms with van der Waals surface area (Å²) in [5, 5.41) is 3.07. The smallest absolute Gasteiger partial charge is 0.258 e. The lowest BCUT2D eigenvalue weighted by Crippen LogP contribution is -2.26. The summed E-state index contributed by atoms with van der Waals surface area (Å²) in [7, 11) is 1.64. The van der Waals surface area contributed by atoms with Gasteiger partial charge in [-0.15, -0.1) is 0 Å². The number of halogens is 1. The number of carbonyl (C=O) groups is 1. The molecule has 0 spiro atoms. The molecule has 4 nitrogen and oxygen atoms in total. The van der Waals surface area contributed by atoms with E-state index in [1.807, 2.05) is 6.92 Å². The molecule has 0 heterocycles. The Morgan fingerprint density at radius 3 is 2.46 bits per heavy atom. The molecule has 0 aromatic heterocycles. The first-order valence-corrected chi connectivity index (χ1v) is 9.11. The van der Waals surface area contributed by atoms with Gasteiger partial charge >= 0.3 is 0 Å². The topological polar surface area (TPSA) is 41.6 Å². The van der Waals surface area contributed by atoms with Crippen molar-refractivity contribution in [1.29, 1.82) is 0 Å². The highest BCUT2D eigenvalue weighted by Crippen LogP contribution is 2.23. The standard InChI is InChI=1S/C21H27FN2O2/c1-4-6-13-23-20-12-9-17(15-19(20)22)24(3)21(25)16-7-10-18(11-8-16)26-14-5-2/h7-12,15,23H,4-6,13-14H2,1-3H3. The SMILES string of the molecule is CCCCNc1ccc(N(C)C(=O)c2ccc(OCCC)cc2)cc1F. The van der Waals surface area contributed by atoms with Crippen LogP contribution < -0.4 is 15.0 Å². The molecule has 26 heavy (non-hydrogen) atoms. The number of anilines is 2. The summed E-state index contributed by atoms with van der Waals surface area (Å²) >= 11 is 0. The summed E-state index contributed by atoms with van der Waals surface area (Å²) in [6.07, 6.45) is 2.96. The molecule has 0 bridgehead atoms. The maximum atomic E-state index is 14.3. The summed E-state index contributed by atoms with van der Waals surface area (Å²) in [6, 6.07) is 11.8. The Labute approximate surface area is 155 Å². The number of nitrogens with one attached hydrogen (secondary N) is 1. The molecule has 140 valence electrons. The first kappa shape index (κ1) is 19.8. The number of unbranched alkanes of at least 4 members (excludes halogenated alkanes) is 1. The van der Waals surface area contributed by atoms with Crippen LogP contribution in [0.2, 0.25) is 0 Å². The Balaban J connectivity index is 2.06. The first-order valence-electron chi connectivity index (χ1n) is 9.11. The predicted molar refractivity (Wildman–Crippen MR) is 105 cm³/mol. The monoisotopic (exact) mass is 358 g/mol. The highest BCUT2D eigenvalue weighted by molar-refractivity contribution is 6.05. The quantitative estimate of drug-likeness (QED) is 0.634. The maximum Gasteiger partial charge on any atom is 0.258 e. The highest BCUT2D eigenvalue weighted by atomic mass is 19.1. The van der Waals surface area contributed by atoms with Crippen LogP contribution in [-0.4, -0.2) is 26.1 Å². The van der Waals surface area contributed by atoms with E-state index in [4.69, 9.17) is 4.74 Å². The molecule has 0 radical (unpaired) electrons. The largest absolute Gasteiger partial charge is 0.494 e. The second-order valence-electron chi connectivity index (χ2n) is 6.18. The van der Waals surface area contributed by atoms with E-state index in [1.165, 1.54) is 11.0 Å². The summed E-state index contributed by atoms with van der Waals surface area (Å²) in [6.45, 7) is 5.50. The fourth-order valence-electron chi connectivity index (χ4n) is 2.48. The normalized spacial score (nSPS) is 10.5. The van der Waals surface area contributed by atoms with Crippen molar-refractivity contribution in [2.75, 3.05) is 30.4 Å². The maximum absolute atomic E-state index is 14.3. The zero-order valence-electron chi connectivity index (χ0n) is 15.7. The van der Waals surface area contributed by atoms with Crippen LogP contribution in [0.25, 0.3) is 0 Å². The van der Waals surface area contributed by atoms with Crippen LogP contribution in [0.1, 0.15) is 43.5 Å². The minimum absolute atomic E-state index is 0.196. The van der Waals surface area contributed by atoms with E-state index >= 15 is 0 Å². The van der Waals surface area contributed by atoms with Crippen molar-refractivity contribution in [1.82, 2.24) is 0 Å². The number of nitrogens with zero attached hydrogens (tertiary/aromatic N) is 1. The molecule has 0 aliphatic rings. The summed E-state index contributed by atoms with van der Waals surface area (Å²) < 4.78 is 19.8. The van der Waals surface area contributed by atoms with Crippen molar-refractivity contribution in [2.24, 2.45) is 0 Å². The van der Waals surface area contributed by atoms with Gasteiger partial charge in [-0.1, -0.05) is 20.3 Å². The van der Waals surface area contributed by atoms with Gasteiger partial charge in [0.25, 0.3) is 5.91 Å². The van der Waals surface area contributed by atoms with Crippen molar-refractivity contribution in [3.05, 3.63) is 53.8 Å². The van der Waals surface area contributed by atoms with E-state index in [0.717, 1.165) is 31.6 Å². The van der Waals surface area contributed by atoms with Gasteiger partial charge in [0.15, 0.2) is 0 Å². The molecule has 0 fully saturated rings. The van der Waals surface area contributed by atoms with Gasteiger partial charge in [-0.3, -0.25) is 4.79 Å². The number of hydrogen-bond donors (Lipinski definition) is 1. The van der Waals surface area contributed by atoms with Crippen LogP contribution in [0.4, 0.5) is 15.8 Å². The van der Waals surface area contributed by atoms with E-state index in [9.17, 15) is 9.18 Å². The van der Waals surface area contributed by atoms with E-state index in [-0.39, 0.29) is 11.7 Å². The van der Waals surface area contributed by atoms with Gasteiger partial charge in [0.1, 0.15) is 11.6 Å². The predicted octanol–water partition coefficient (Wildman–Crippen LogP) is 5.10. The number of carbonyl (C=O) groups excluding carboxylic acids is 1. The Hall–Kier alpha value is -2.56. The zero-order valence-corrected chi connectivity index (χ0v) is 15.7. The van der Waals surface area contributed by atoms with Gasteiger partial charge in [-0.25, -0.2) is 4.39 Å². The van der Waals surface area contributed by atoms with Crippen molar-refractivity contribution >= 4 is 17.3 Å². The van der Waals surface area contributed by atoms with Gasteiger partial charge in [0.05, 0.1) is 12.3 Å². The lowest BCUT2D eigenvalue weighted by molar-refractivity contribution is 0.0993. The third-order valence-corrected chi connectivity index (χ3v) is 4.06. The van der Waals surface area contributed by atoms with E-state index in [1.54, 1.807) is 43.4 Å². The molecule has 2 aromatic carbocycles. The minimum atomic E-state index is -0.360. The van der Waals surface area contributed by atoms with E-state index < -0.39 is 0 Å². The third kappa shape index (κ3) is 5.22. The fourth-order valence-corrected chi connectivity index (χ4v) is 2.48. The summed E-state index contributed by atoms with van der Waals surface area (Å²) in [4.78, 5) is 14.1. The van der Waals surface area contributed by atoms with Crippen LogP contribution in [0.5, 0.6) is 5.75 Å². The first-order chi connectivity index (χ1) is 12.6. The van der Waals surface area contributed by atoms with Gasteiger partial charge < -0.3 is 15.0 Å². The molecular weight excluding hydrogens is 331 g/mol. The van der Waals surface area contributed by atoms with Gasteiger partial charge in [-0.05, 0) is 55.3 Å². The lowest BCUT2D eigenvalue weighted by Gasteiger charge is -2.19. The van der Waals surface area contributed by atoms with Crippen LogP contribution in [-0.2, 0) is 0 Å². The molecule has 0 saturated heterocycles. The molecule has 0 atom stereocenters. The molecule has 1 amide bonds. The second-order valence-corrected chi connectivity index (χ2v) is 6.18. The van der Waals surface area contributed by atoms with Crippen LogP contribution >= 0.6 is 0 Å².